The Kier molecular flexibility index (Phi) is 3.76. The molecule has 1 heterocycles. The van der Waals surface area contributed by atoms with E-state index in [0.717, 1.165) is 12.5 Å². The molecule has 1 amide bonds. The number of carbonyl (C=O) groups excluding carboxylic acids is 1. The standard InChI is InChI=1S/C14H26N2O/c1-14(2,3)16-13(17)12-11-7-5-4-6-10(11)8-9-15-12/h10-12,15H,4-9H2,1-3H3,(H,16,17). The molecule has 3 heteroatoms. The highest BCUT2D eigenvalue weighted by molar-refractivity contribution is 5.82. The molecule has 17 heavy (non-hydrogen) atoms. The predicted molar refractivity (Wildman–Crippen MR) is 69.8 cm³/mol. The zero-order valence-corrected chi connectivity index (χ0v) is 11.4. The first-order valence-electron chi connectivity index (χ1n) is 7.03. The van der Waals surface area contributed by atoms with Crippen LogP contribution < -0.4 is 10.6 Å². The smallest absolute Gasteiger partial charge is 0.237 e. The predicted octanol–water partition coefficient (Wildman–Crippen LogP) is 2.07. The van der Waals surface area contributed by atoms with Gasteiger partial charge in [-0.1, -0.05) is 19.3 Å². The summed E-state index contributed by atoms with van der Waals surface area (Å²) in [6.07, 6.45) is 6.45. The Bertz CT molecular complexity index is 280. The molecule has 0 aromatic rings. The average Bonchev–Trinajstić information content (AvgIpc) is 2.26. The maximum absolute atomic E-state index is 12.3. The first-order chi connectivity index (χ1) is 7.97. The Balaban J connectivity index is 2.01. The molecule has 2 rings (SSSR count). The summed E-state index contributed by atoms with van der Waals surface area (Å²) in [5.41, 5.74) is -0.125. The van der Waals surface area contributed by atoms with Gasteiger partial charge in [-0.05, 0) is 52.0 Å². The number of carbonyl (C=O) groups is 1. The average molecular weight is 238 g/mol. The van der Waals surface area contributed by atoms with E-state index in [0.29, 0.717) is 5.92 Å². The van der Waals surface area contributed by atoms with E-state index in [4.69, 9.17) is 0 Å². The van der Waals surface area contributed by atoms with Crippen LogP contribution in [0.15, 0.2) is 0 Å². The number of piperidine rings is 1. The molecule has 2 fully saturated rings. The minimum absolute atomic E-state index is 0.0493. The van der Waals surface area contributed by atoms with E-state index in [-0.39, 0.29) is 17.5 Å². The van der Waals surface area contributed by atoms with Crippen LogP contribution in [0.2, 0.25) is 0 Å². The fourth-order valence-electron chi connectivity index (χ4n) is 3.34. The van der Waals surface area contributed by atoms with Crippen molar-refractivity contribution in [2.24, 2.45) is 11.8 Å². The topological polar surface area (TPSA) is 41.1 Å². The monoisotopic (exact) mass is 238 g/mol. The number of amides is 1. The molecule has 98 valence electrons. The van der Waals surface area contributed by atoms with E-state index in [2.05, 4.69) is 10.6 Å². The van der Waals surface area contributed by atoms with Crippen molar-refractivity contribution in [1.29, 1.82) is 0 Å². The third kappa shape index (κ3) is 3.21. The van der Waals surface area contributed by atoms with Crippen LogP contribution in [-0.2, 0) is 4.79 Å². The highest BCUT2D eigenvalue weighted by Gasteiger charge is 2.38. The lowest BCUT2D eigenvalue weighted by Crippen LogP contribution is -2.58. The molecule has 0 spiro atoms. The molecule has 1 aliphatic heterocycles. The van der Waals surface area contributed by atoms with E-state index in [9.17, 15) is 4.79 Å². The van der Waals surface area contributed by atoms with E-state index in [1.807, 2.05) is 20.8 Å². The zero-order valence-electron chi connectivity index (χ0n) is 11.4. The zero-order chi connectivity index (χ0) is 12.5. The molecule has 1 aliphatic carbocycles. The van der Waals surface area contributed by atoms with Crippen LogP contribution in [0.5, 0.6) is 0 Å². The number of hydrogen-bond acceptors (Lipinski definition) is 2. The SMILES string of the molecule is CC(C)(C)NC(=O)C1NCCC2CCCCC21. The summed E-state index contributed by atoms with van der Waals surface area (Å²) in [7, 11) is 0. The summed E-state index contributed by atoms with van der Waals surface area (Å²) in [5.74, 6) is 1.55. The van der Waals surface area contributed by atoms with E-state index >= 15 is 0 Å². The van der Waals surface area contributed by atoms with Crippen molar-refractivity contribution in [3.05, 3.63) is 0 Å². The molecular weight excluding hydrogens is 212 g/mol. The van der Waals surface area contributed by atoms with Crippen LogP contribution >= 0.6 is 0 Å². The van der Waals surface area contributed by atoms with Crippen LogP contribution in [-0.4, -0.2) is 24.0 Å². The summed E-state index contributed by atoms with van der Waals surface area (Å²) < 4.78 is 0. The minimum Gasteiger partial charge on any atom is -0.350 e. The van der Waals surface area contributed by atoms with Gasteiger partial charge < -0.3 is 10.6 Å². The summed E-state index contributed by atoms with van der Waals surface area (Å²) in [6.45, 7) is 7.15. The van der Waals surface area contributed by atoms with Gasteiger partial charge in [-0.25, -0.2) is 0 Å². The fraction of sp³-hybridized carbons (Fsp3) is 0.929. The first kappa shape index (κ1) is 12.9. The van der Waals surface area contributed by atoms with Crippen LogP contribution in [0.4, 0.5) is 0 Å². The molecule has 1 saturated carbocycles. The van der Waals surface area contributed by atoms with Gasteiger partial charge in [0.2, 0.25) is 5.91 Å². The summed E-state index contributed by atoms with van der Waals surface area (Å²) in [4.78, 5) is 12.3. The number of rotatable bonds is 1. The minimum atomic E-state index is -0.125. The lowest BCUT2D eigenvalue weighted by Gasteiger charge is -2.42. The van der Waals surface area contributed by atoms with Crippen molar-refractivity contribution in [1.82, 2.24) is 10.6 Å². The lowest BCUT2D eigenvalue weighted by atomic mass is 9.71. The molecule has 2 aliphatic rings. The van der Waals surface area contributed by atoms with Gasteiger partial charge in [0.05, 0.1) is 6.04 Å². The van der Waals surface area contributed by atoms with Gasteiger partial charge in [0.25, 0.3) is 0 Å². The third-order valence-corrected chi connectivity index (χ3v) is 4.06. The van der Waals surface area contributed by atoms with Crippen LogP contribution in [0.3, 0.4) is 0 Å². The molecule has 0 aromatic carbocycles. The molecule has 0 radical (unpaired) electrons. The van der Waals surface area contributed by atoms with Gasteiger partial charge in [-0.3, -0.25) is 4.79 Å². The van der Waals surface area contributed by atoms with Gasteiger partial charge in [-0.2, -0.15) is 0 Å². The normalized spacial score (nSPS) is 33.9. The maximum atomic E-state index is 12.3. The summed E-state index contributed by atoms with van der Waals surface area (Å²) in [5, 5.41) is 6.55. The molecule has 3 nitrogen and oxygen atoms in total. The second-order valence-corrected chi connectivity index (χ2v) is 6.67. The van der Waals surface area contributed by atoms with Gasteiger partial charge in [0.1, 0.15) is 0 Å². The Labute approximate surface area is 105 Å². The van der Waals surface area contributed by atoms with Crippen molar-refractivity contribution in [3.63, 3.8) is 0 Å². The van der Waals surface area contributed by atoms with Crippen LogP contribution in [0.25, 0.3) is 0 Å². The van der Waals surface area contributed by atoms with Gasteiger partial charge >= 0.3 is 0 Å². The van der Waals surface area contributed by atoms with Crippen molar-refractivity contribution >= 4 is 5.91 Å². The van der Waals surface area contributed by atoms with E-state index < -0.39 is 0 Å². The molecule has 3 atom stereocenters. The van der Waals surface area contributed by atoms with Gasteiger partial charge in [-0.15, -0.1) is 0 Å². The summed E-state index contributed by atoms with van der Waals surface area (Å²) in [6, 6.07) is 0.0493. The van der Waals surface area contributed by atoms with Crippen molar-refractivity contribution in [2.45, 2.75) is 64.5 Å². The Morgan fingerprint density at radius 2 is 1.88 bits per heavy atom. The second-order valence-electron chi connectivity index (χ2n) is 6.67. The highest BCUT2D eigenvalue weighted by Crippen LogP contribution is 2.36. The first-order valence-corrected chi connectivity index (χ1v) is 7.03. The molecule has 0 bridgehead atoms. The largest absolute Gasteiger partial charge is 0.350 e. The van der Waals surface area contributed by atoms with Crippen molar-refractivity contribution in [3.8, 4) is 0 Å². The second kappa shape index (κ2) is 4.97. The lowest BCUT2D eigenvalue weighted by molar-refractivity contribution is -0.127. The maximum Gasteiger partial charge on any atom is 0.237 e. The third-order valence-electron chi connectivity index (χ3n) is 4.06. The highest BCUT2D eigenvalue weighted by atomic mass is 16.2. The van der Waals surface area contributed by atoms with E-state index in [1.165, 1.54) is 32.1 Å². The van der Waals surface area contributed by atoms with Gasteiger partial charge in [0, 0.05) is 5.54 Å². The quantitative estimate of drug-likeness (QED) is 0.734. The van der Waals surface area contributed by atoms with Crippen LogP contribution in [0.1, 0.15) is 52.9 Å². The van der Waals surface area contributed by atoms with Gasteiger partial charge in [0.15, 0.2) is 0 Å². The van der Waals surface area contributed by atoms with Crippen molar-refractivity contribution in [2.75, 3.05) is 6.54 Å². The Hall–Kier alpha value is -0.570. The summed E-state index contributed by atoms with van der Waals surface area (Å²) >= 11 is 0. The molecule has 1 saturated heterocycles. The Morgan fingerprint density at radius 3 is 2.59 bits per heavy atom. The molecule has 0 aromatic heterocycles. The number of nitrogens with one attached hydrogen (secondary N) is 2. The molecular formula is C14H26N2O. The Morgan fingerprint density at radius 1 is 1.18 bits per heavy atom. The van der Waals surface area contributed by atoms with Crippen molar-refractivity contribution < 1.29 is 4.79 Å². The molecule has 3 unspecified atom stereocenters. The number of hydrogen-bond donors (Lipinski definition) is 2. The fourth-order valence-corrected chi connectivity index (χ4v) is 3.34. The van der Waals surface area contributed by atoms with E-state index in [1.54, 1.807) is 0 Å². The van der Waals surface area contributed by atoms with Crippen LogP contribution in [0, 0.1) is 11.8 Å². The molecule has 2 N–H and O–H groups in total. The number of fused-ring (bicyclic) bond motifs is 1.